The van der Waals surface area contributed by atoms with Gasteiger partial charge >= 0.3 is 0 Å². The molecular weight excluding hydrogens is 226 g/mol. The molecule has 0 aliphatic carbocycles. The second kappa shape index (κ2) is 4.65. The van der Waals surface area contributed by atoms with E-state index in [2.05, 4.69) is 30.4 Å². The van der Waals surface area contributed by atoms with Crippen LogP contribution in [0.5, 0.6) is 0 Å². The van der Waals surface area contributed by atoms with E-state index in [9.17, 15) is 0 Å². The lowest BCUT2D eigenvalue weighted by molar-refractivity contribution is -0.0105. The molecule has 1 saturated heterocycles. The molecule has 0 spiro atoms. The van der Waals surface area contributed by atoms with Crippen molar-refractivity contribution in [3.05, 3.63) is 34.9 Å². The third-order valence-electron chi connectivity index (χ3n) is 4.23. The summed E-state index contributed by atoms with van der Waals surface area (Å²) in [4.78, 5) is 0. The Morgan fingerprint density at radius 2 is 2.11 bits per heavy atom. The Labute approximate surface area is 108 Å². The van der Waals surface area contributed by atoms with Gasteiger partial charge in [0.1, 0.15) is 0 Å². The average molecular weight is 247 g/mol. The van der Waals surface area contributed by atoms with Gasteiger partial charge in [-0.05, 0) is 43.5 Å². The molecule has 18 heavy (non-hydrogen) atoms. The van der Waals surface area contributed by atoms with Crippen molar-refractivity contribution in [1.29, 1.82) is 0 Å². The van der Waals surface area contributed by atoms with E-state index in [1.54, 1.807) is 0 Å². The summed E-state index contributed by atoms with van der Waals surface area (Å²) in [6, 6.07) is 6.93. The molecule has 0 radical (unpaired) electrons. The first kappa shape index (κ1) is 12.2. The van der Waals surface area contributed by atoms with Crippen molar-refractivity contribution in [2.45, 2.75) is 44.6 Å². The quantitative estimate of drug-likeness (QED) is 0.890. The second-order valence-corrected chi connectivity index (χ2v) is 5.51. The molecule has 0 amide bonds. The van der Waals surface area contributed by atoms with Crippen molar-refractivity contribution in [3.63, 3.8) is 0 Å². The maximum atomic E-state index is 5.97. The fraction of sp³-hybridized carbons (Fsp3) is 0.600. The molecule has 1 aromatic rings. The predicted molar refractivity (Wildman–Crippen MR) is 70.3 cm³/mol. The fourth-order valence-corrected chi connectivity index (χ4v) is 3.22. The van der Waals surface area contributed by atoms with Crippen LogP contribution in [0.25, 0.3) is 0 Å². The monoisotopic (exact) mass is 247 g/mol. The van der Waals surface area contributed by atoms with Crippen molar-refractivity contribution in [2.75, 3.05) is 13.7 Å². The lowest BCUT2D eigenvalue weighted by Gasteiger charge is -2.33. The van der Waals surface area contributed by atoms with Crippen molar-refractivity contribution in [3.8, 4) is 0 Å². The molecule has 1 fully saturated rings. The smallest absolute Gasteiger partial charge is 0.0849 e. The Morgan fingerprint density at radius 3 is 2.83 bits per heavy atom. The van der Waals surface area contributed by atoms with Gasteiger partial charge in [0.25, 0.3) is 0 Å². The number of likely N-dealkylation sites (N-methyl/N-ethyl adjacent to an activating group) is 1. The maximum absolute atomic E-state index is 5.97. The molecule has 0 bridgehead atoms. The Bertz CT molecular complexity index is 438. The third-order valence-corrected chi connectivity index (χ3v) is 4.23. The second-order valence-electron chi connectivity index (χ2n) is 5.51. The molecule has 3 rings (SSSR count). The number of hydrogen-bond donors (Lipinski definition) is 1. The molecule has 98 valence electrons. The van der Waals surface area contributed by atoms with Crippen LogP contribution in [0.1, 0.15) is 42.5 Å². The zero-order valence-corrected chi connectivity index (χ0v) is 11.2. The standard InChI is InChI=1S/C15H21NO2/c1-15(6-3-7-18-15)14(16-2)11-4-5-12-9-17-10-13(12)8-11/h4-5,8,14,16H,3,6-7,9-10H2,1-2H3. The largest absolute Gasteiger partial charge is 0.373 e. The Morgan fingerprint density at radius 1 is 1.28 bits per heavy atom. The Hall–Kier alpha value is -0.900. The van der Waals surface area contributed by atoms with Crippen LogP contribution in [0.2, 0.25) is 0 Å². The fourth-order valence-electron chi connectivity index (χ4n) is 3.22. The summed E-state index contributed by atoms with van der Waals surface area (Å²) in [5.41, 5.74) is 3.88. The number of fused-ring (bicyclic) bond motifs is 1. The minimum absolute atomic E-state index is 0.0809. The van der Waals surface area contributed by atoms with Gasteiger partial charge in [-0.3, -0.25) is 0 Å². The van der Waals surface area contributed by atoms with E-state index in [-0.39, 0.29) is 11.6 Å². The number of ether oxygens (including phenoxy) is 2. The first-order valence-corrected chi connectivity index (χ1v) is 6.73. The van der Waals surface area contributed by atoms with Crippen LogP contribution in [0.3, 0.4) is 0 Å². The molecule has 3 nitrogen and oxygen atoms in total. The summed E-state index contributed by atoms with van der Waals surface area (Å²) in [5, 5.41) is 3.43. The van der Waals surface area contributed by atoms with Gasteiger partial charge in [0, 0.05) is 6.61 Å². The number of benzene rings is 1. The zero-order chi connectivity index (χ0) is 12.6. The van der Waals surface area contributed by atoms with Gasteiger partial charge < -0.3 is 14.8 Å². The van der Waals surface area contributed by atoms with Crippen LogP contribution >= 0.6 is 0 Å². The number of rotatable bonds is 3. The van der Waals surface area contributed by atoms with Crippen molar-refractivity contribution in [1.82, 2.24) is 5.32 Å². The summed E-state index contributed by atoms with van der Waals surface area (Å²) in [6.07, 6.45) is 2.27. The molecule has 1 N–H and O–H groups in total. The molecule has 2 aliphatic rings. The van der Waals surface area contributed by atoms with Crippen LogP contribution in [0, 0.1) is 0 Å². The number of nitrogens with one attached hydrogen (secondary N) is 1. The van der Waals surface area contributed by atoms with E-state index < -0.39 is 0 Å². The van der Waals surface area contributed by atoms with Crippen LogP contribution < -0.4 is 5.32 Å². The summed E-state index contributed by atoms with van der Waals surface area (Å²) in [5.74, 6) is 0. The maximum Gasteiger partial charge on any atom is 0.0849 e. The van der Waals surface area contributed by atoms with E-state index in [4.69, 9.17) is 9.47 Å². The predicted octanol–water partition coefficient (Wildman–Crippen LogP) is 2.55. The molecule has 0 aromatic heterocycles. The van der Waals surface area contributed by atoms with E-state index in [0.717, 1.165) is 32.7 Å². The van der Waals surface area contributed by atoms with Gasteiger partial charge in [-0.25, -0.2) is 0 Å². The Balaban J connectivity index is 1.92. The molecule has 2 unspecified atom stereocenters. The zero-order valence-electron chi connectivity index (χ0n) is 11.2. The summed E-state index contributed by atoms with van der Waals surface area (Å²) >= 11 is 0. The minimum Gasteiger partial charge on any atom is -0.373 e. The van der Waals surface area contributed by atoms with E-state index in [1.807, 2.05) is 7.05 Å². The molecule has 2 aliphatic heterocycles. The van der Waals surface area contributed by atoms with Gasteiger partial charge in [-0.15, -0.1) is 0 Å². The van der Waals surface area contributed by atoms with Crippen LogP contribution in [0.4, 0.5) is 0 Å². The molecule has 2 heterocycles. The summed E-state index contributed by atoms with van der Waals surface area (Å²) in [6.45, 7) is 4.60. The highest BCUT2D eigenvalue weighted by Gasteiger charge is 2.38. The SMILES string of the molecule is CNC(c1ccc2c(c1)COC2)C1(C)CCCO1. The van der Waals surface area contributed by atoms with Gasteiger partial charge in [-0.2, -0.15) is 0 Å². The highest BCUT2D eigenvalue weighted by molar-refractivity contribution is 5.35. The normalized spacial score (nSPS) is 28.3. The summed E-state index contributed by atoms with van der Waals surface area (Å²) < 4.78 is 11.5. The van der Waals surface area contributed by atoms with Crippen LogP contribution in [-0.4, -0.2) is 19.3 Å². The van der Waals surface area contributed by atoms with E-state index in [0.29, 0.717) is 0 Å². The van der Waals surface area contributed by atoms with Crippen LogP contribution in [-0.2, 0) is 22.7 Å². The van der Waals surface area contributed by atoms with Crippen LogP contribution in [0.15, 0.2) is 18.2 Å². The topological polar surface area (TPSA) is 30.5 Å². The highest BCUT2D eigenvalue weighted by atomic mass is 16.5. The molecular formula is C15H21NO2. The molecule has 3 heteroatoms. The first-order valence-electron chi connectivity index (χ1n) is 6.73. The van der Waals surface area contributed by atoms with E-state index in [1.165, 1.54) is 16.7 Å². The lowest BCUT2D eigenvalue weighted by atomic mass is 9.86. The van der Waals surface area contributed by atoms with Gasteiger partial charge in [0.05, 0.1) is 24.9 Å². The van der Waals surface area contributed by atoms with Gasteiger partial charge in [-0.1, -0.05) is 18.2 Å². The Kier molecular flexibility index (Phi) is 3.14. The molecule has 1 aromatic carbocycles. The average Bonchev–Trinajstić information content (AvgIpc) is 2.98. The van der Waals surface area contributed by atoms with Crippen molar-refractivity contribution in [2.24, 2.45) is 0 Å². The molecule has 2 atom stereocenters. The van der Waals surface area contributed by atoms with Gasteiger partial charge in [0.15, 0.2) is 0 Å². The van der Waals surface area contributed by atoms with E-state index >= 15 is 0 Å². The lowest BCUT2D eigenvalue weighted by Crippen LogP contribution is -2.39. The number of hydrogen-bond acceptors (Lipinski definition) is 3. The highest BCUT2D eigenvalue weighted by Crippen LogP contribution is 2.38. The van der Waals surface area contributed by atoms with Crippen molar-refractivity contribution < 1.29 is 9.47 Å². The van der Waals surface area contributed by atoms with Gasteiger partial charge in [0.2, 0.25) is 0 Å². The third kappa shape index (κ3) is 1.96. The summed E-state index contributed by atoms with van der Waals surface area (Å²) in [7, 11) is 2.02. The first-order chi connectivity index (χ1) is 8.73. The van der Waals surface area contributed by atoms with Crippen molar-refractivity contribution >= 4 is 0 Å². The minimum atomic E-state index is -0.0809. The molecule has 0 saturated carbocycles.